The smallest absolute Gasteiger partial charge is 0.413 e. The van der Waals surface area contributed by atoms with Gasteiger partial charge in [0, 0.05) is 19.0 Å². The molecule has 1 aromatic heterocycles. The van der Waals surface area contributed by atoms with Crippen LogP contribution >= 0.6 is 11.3 Å². The van der Waals surface area contributed by atoms with Gasteiger partial charge in [-0.1, -0.05) is 59.9 Å². The van der Waals surface area contributed by atoms with Crippen molar-refractivity contribution in [2.75, 3.05) is 25.0 Å². The van der Waals surface area contributed by atoms with Crippen LogP contribution in [-0.2, 0) is 9.53 Å². The Bertz CT molecular complexity index is 1290. The number of hydrogen-bond donors (Lipinski definition) is 2. The number of nitrogens with zero attached hydrogens (tertiary/aromatic N) is 2. The molecule has 34 heavy (non-hydrogen) atoms. The number of benzene rings is 2. The number of nitrogens with one attached hydrogen (secondary N) is 1. The van der Waals surface area contributed by atoms with Gasteiger partial charge in [0.1, 0.15) is 11.5 Å². The number of likely N-dealkylation sites (tertiary alicyclic amines) is 1. The molecular formula is C25H21N3O5S. The summed E-state index contributed by atoms with van der Waals surface area (Å²) in [6, 6.07) is 16.2. The summed E-state index contributed by atoms with van der Waals surface area (Å²) in [5.41, 5.74) is 3.78. The fourth-order valence-electron chi connectivity index (χ4n) is 5.28. The summed E-state index contributed by atoms with van der Waals surface area (Å²) in [5, 5.41) is 12.3. The third-order valence-corrected chi connectivity index (χ3v) is 8.03. The maximum atomic E-state index is 12.8. The second-order valence-electron chi connectivity index (χ2n) is 9.03. The van der Waals surface area contributed by atoms with Gasteiger partial charge in [-0.05, 0) is 34.6 Å². The zero-order chi connectivity index (χ0) is 23.4. The van der Waals surface area contributed by atoms with Gasteiger partial charge >= 0.3 is 12.1 Å². The summed E-state index contributed by atoms with van der Waals surface area (Å²) in [7, 11) is 0. The number of piperidine rings is 1. The van der Waals surface area contributed by atoms with E-state index >= 15 is 0 Å². The van der Waals surface area contributed by atoms with E-state index in [4.69, 9.17) is 4.74 Å². The van der Waals surface area contributed by atoms with Crippen LogP contribution in [-0.4, -0.2) is 52.7 Å². The highest BCUT2D eigenvalue weighted by molar-refractivity contribution is 7.17. The van der Waals surface area contributed by atoms with Crippen LogP contribution in [0.25, 0.3) is 11.1 Å². The quantitative estimate of drug-likeness (QED) is 0.576. The van der Waals surface area contributed by atoms with E-state index in [0.29, 0.717) is 17.8 Å². The molecule has 8 nitrogen and oxygen atoms in total. The number of hydrogen-bond acceptors (Lipinski definition) is 6. The van der Waals surface area contributed by atoms with E-state index in [-0.39, 0.29) is 36.0 Å². The Balaban J connectivity index is 1.08. The average molecular weight is 476 g/mol. The monoisotopic (exact) mass is 475 g/mol. The molecule has 172 valence electrons. The lowest BCUT2D eigenvalue weighted by Gasteiger charge is -2.18. The molecule has 2 fully saturated rings. The van der Waals surface area contributed by atoms with Crippen molar-refractivity contribution in [2.45, 2.75) is 12.3 Å². The molecule has 1 saturated carbocycles. The third kappa shape index (κ3) is 3.27. The van der Waals surface area contributed by atoms with Crippen LogP contribution in [0.3, 0.4) is 0 Å². The van der Waals surface area contributed by atoms with E-state index in [0.717, 1.165) is 33.6 Å². The van der Waals surface area contributed by atoms with E-state index in [1.165, 1.54) is 6.20 Å². The number of fused-ring (bicyclic) bond motifs is 4. The summed E-state index contributed by atoms with van der Waals surface area (Å²) in [6.07, 6.45) is 1.40. The first kappa shape index (κ1) is 20.9. The van der Waals surface area contributed by atoms with Crippen LogP contribution in [0.4, 0.5) is 9.93 Å². The van der Waals surface area contributed by atoms with Crippen LogP contribution in [0.5, 0.6) is 0 Å². The lowest BCUT2D eigenvalue weighted by atomic mass is 9.98. The molecule has 2 atom stereocenters. The zero-order valence-electron chi connectivity index (χ0n) is 18.1. The van der Waals surface area contributed by atoms with Gasteiger partial charge in [-0.25, -0.2) is 9.78 Å². The van der Waals surface area contributed by atoms with E-state index in [1.54, 1.807) is 4.90 Å². The van der Waals surface area contributed by atoms with Crippen molar-refractivity contribution in [3.8, 4) is 11.1 Å². The molecule has 0 radical (unpaired) electrons. The van der Waals surface area contributed by atoms with Crippen molar-refractivity contribution in [1.29, 1.82) is 0 Å². The molecule has 3 aliphatic rings. The zero-order valence-corrected chi connectivity index (χ0v) is 18.9. The Morgan fingerprint density at radius 2 is 1.79 bits per heavy atom. The van der Waals surface area contributed by atoms with E-state index in [2.05, 4.69) is 34.6 Å². The predicted octanol–water partition coefficient (Wildman–Crippen LogP) is 4.05. The largest absolute Gasteiger partial charge is 0.481 e. The molecule has 0 bridgehead atoms. The number of rotatable bonds is 5. The Kier molecular flexibility index (Phi) is 4.70. The molecule has 2 aliphatic carbocycles. The molecule has 1 aliphatic heterocycles. The Morgan fingerprint density at radius 3 is 2.44 bits per heavy atom. The molecule has 0 spiro atoms. The molecule has 1 saturated heterocycles. The predicted molar refractivity (Wildman–Crippen MR) is 125 cm³/mol. The van der Waals surface area contributed by atoms with Gasteiger partial charge < -0.3 is 14.7 Å². The number of carboxylic acid groups (broad SMARTS) is 1. The number of aromatic nitrogens is 1. The number of anilines is 1. The van der Waals surface area contributed by atoms with Gasteiger partial charge in [-0.15, -0.1) is 0 Å². The highest BCUT2D eigenvalue weighted by Gasteiger charge is 2.66. The van der Waals surface area contributed by atoms with Crippen LogP contribution in [0.1, 0.15) is 33.1 Å². The SMILES string of the molecule is O=C(Nc1ncc(C(=O)N2CC3CC3(C(=O)O)C2)s1)OCC1c2ccccc2-c2ccccc21. The number of amides is 2. The Morgan fingerprint density at radius 1 is 1.12 bits per heavy atom. The highest BCUT2D eigenvalue weighted by atomic mass is 32.1. The number of carbonyl (C=O) groups is 3. The van der Waals surface area contributed by atoms with Crippen molar-refractivity contribution in [1.82, 2.24) is 9.88 Å². The fraction of sp³-hybridized carbons (Fsp3) is 0.280. The summed E-state index contributed by atoms with van der Waals surface area (Å²) >= 11 is 1.05. The van der Waals surface area contributed by atoms with Crippen molar-refractivity contribution in [3.05, 3.63) is 70.7 Å². The maximum Gasteiger partial charge on any atom is 0.413 e. The Labute approximate surface area is 199 Å². The molecular weight excluding hydrogens is 454 g/mol. The Hall–Kier alpha value is -3.72. The molecule has 2 heterocycles. The topological polar surface area (TPSA) is 109 Å². The van der Waals surface area contributed by atoms with Crippen LogP contribution in [0, 0.1) is 11.3 Å². The number of aliphatic carboxylic acids is 1. The van der Waals surface area contributed by atoms with Crippen molar-refractivity contribution in [2.24, 2.45) is 11.3 Å². The molecule has 2 N–H and O–H groups in total. The van der Waals surface area contributed by atoms with Crippen molar-refractivity contribution in [3.63, 3.8) is 0 Å². The first-order chi connectivity index (χ1) is 16.5. The first-order valence-electron chi connectivity index (χ1n) is 11.1. The van der Waals surface area contributed by atoms with Gasteiger partial charge in [0.2, 0.25) is 0 Å². The second-order valence-corrected chi connectivity index (χ2v) is 10.1. The van der Waals surface area contributed by atoms with E-state index in [1.807, 2.05) is 24.3 Å². The number of carbonyl (C=O) groups excluding carboxylic acids is 2. The molecule has 3 aromatic rings. The molecule has 2 aromatic carbocycles. The minimum absolute atomic E-state index is 0.0280. The summed E-state index contributed by atoms with van der Waals surface area (Å²) in [5.74, 6) is -1.12. The highest BCUT2D eigenvalue weighted by Crippen LogP contribution is 2.58. The standard InChI is InChI=1S/C25H21N3O5S/c29-21(28-11-14-9-25(14,13-28)22(30)31)20-10-26-23(34-20)27-24(32)33-12-19-17-7-3-1-5-15(17)16-6-2-4-8-18(16)19/h1-8,10,14,19H,9,11-13H2,(H,30,31)(H,26,27,32). The van der Waals surface area contributed by atoms with Crippen molar-refractivity contribution >= 4 is 34.4 Å². The third-order valence-electron chi connectivity index (χ3n) is 7.13. The summed E-state index contributed by atoms with van der Waals surface area (Å²) in [4.78, 5) is 42.8. The molecule has 6 rings (SSSR count). The lowest BCUT2D eigenvalue weighted by molar-refractivity contribution is -0.143. The average Bonchev–Trinajstić information content (AvgIpc) is 3.16. The van der Waals surface area contributed by atoms with Gasteiger partial charge in [0.25, 0.3) is 5.91 Å². The molecule has 2 unspecified atom stereocenters. The summed E-state index contributed by atoms with van der Waals surface area (Å²) < 4.78 is 5.53. The minimum atomic E-state index is -0.838. The van der Waals surface area contributed by atoms with Gasteiger partial charge in [-0.2, -0.15) is 0 Å². The molecule has 9 heteroatoms. The number of carboxylic acids is 1. The maximum absolute atomic E-state index is 12.8. The van der Waals surface area contributed by atoms with Gasteiger partial charge in [0.05, 0.1) is 11.6 Å². The van der Waals surface area contributed by atoms with Crippen LogP contribution < -0.4 is 5.32 Å². The van der Waals surface area contributed by atoms with E-state index < -0.39 is 17.5 Å². The summed E-state index contributed by atoms with van der Waals surface area (Å²) in [6.45, 7) is 0.848. The van der Waals surface area contributed by atoms with Gasteiger partial charge in [-0.3, -0.25) is 14.9 Å². The number of thiazole rings is 1. The van der Waals surface area contributed by atoms with Crippen LogP contribution in [0.2, 0.25) is 0 Å². The second kappa shape index (κ2) is 7.66. The lowest BCUT2D eigenvalue weighted by Crippen LogP contribution is -2.33. The van der Waals surface area contributed by atoms with Crippen LogP contribution in [0.15, 0.2) is 54.7 Å². The number of ether oxygens (including phenoxy) is 1. The van der Waals surface area contributed by atoms with Crippen molar-refractivity contribution < 1.29 is 24.2 Å². The normalized spacial score (nSPS) is 22.0. The van der Waals surface area contributed by atoms with E-state index in [9.17, 15) is 19.5 Å². The van der Waals surface area contributed by atoms with Gasteiger partial charge in [0.15, 0.2) is 5.13 Å². The molecule has 2 amide bonds. The first-order valence-corrected chi connectivity index (χ1v) is 11.9. The fourth-order valence-corrected chi connectivity index (χ4v) is 6.05. The minimum Gasteiger partial charge on any atom is -0.481 e.